The number of carbonyl (C=O) groups is 2. The number of hydrogen-bond acceptors (Lipinski definition) is 4. The van der Waals surface area contributed by atoms with Crippen molar-refractivity contribution in [2.45, 2.75) is 45.4 Å². The highest BCUT2D eigenvalue weighted by Gasteiger charge is 2.26. The SMILES string of the molecule is CC(C)c1ccc(C(=O)N2CCCC(CN(C)C(=O)CCc3cnn(C)n3)C2)cc1. The predicted octanol–water partition coefficient (Wildman–Crippen LogP) is 2.88. The van der Waals surface area contributed by atoms with Crippen LogP contribution in [0.5, 0.6) is 0 Å². The van der Waals surface area contributed by atoms with Crippen molar-refractivity contribution in [3.63, 3.8) is 0 Å². The molecule has 0 N–H and O–H groups in total. The number of likely N-dealkylation sites (tertiary alicyclic amines) is 1. The lowest BCUT2D eigenvalue weighted by molar-refractivity contribution is -0.130. The highest BCUT2D eigenvalue weighted by molar-refractivity contribution is 5.94. The number of amides is 2. The van der Waals surface area contributed by atoms with Gasteiger partial charge in [0, 0.05) is 52.1 Å². The summed E-state index contributed by atoms with van der Waals surface area (Å²) >= 11 is 0. The third kappa shape index (κ3) is 5.68. The molecule has 30 heavy (non-hydrogen) atoms. The fourth-order valence-corrected chi connectivity index (χ4v) is 4.01. The van der Waals surface area contributed by atoms with Crippen molar-refractivity contribution >= 4 is 11.8 Å². The molecular weight excluding hydrogens is 378 g/mol. The molecule has 1 unspecified atom stereocenters. The maximum atomic E-state index is 12.9. The molecule has 2 aromatic rings. The van der Waals surface area contributed by atoms with Gasteiger partial charge in [0.05, 0.1) is 11.9 Å². The van der Waals surface area contributed by atoms with Crippen LogP contribution in [0.2, 0.25) is 0 Å². The molecule has 7 heteroatoms. The lowest BCUT2D eigenvalue weighted by Crippen LogP contribution is -2.44. The van der Waals surface area contributed by atoms with Crippen LogP contribution in [0.3, 0.4) is 0 Å². The van der Waals surface area contributed by atoms with Gasteiger partial charge >= 0.3 is 0 Å². The average molecular weight is 412 g/mol. The van der Waals surface area contributed by atoms with E-state index in [-0.39, 0.29) is 11.8 Å². The van der Waals surface area contributed by atoms with Gasteiger partial charge in [0.2, 0.25) is 5.91 Å². The van der Waals surface area contributed by atoms with Crippen LogP contribution in [0.4, 0.5) is 0 Å². The molecule has 1 saturated heterocycles. The third-order valence-electron chi connectivity index (χ3n) is 5.83. The summed E-state index contributed by atoms with van der Waals surface area (Å²) in [5.74, 6) is 0.957. The lowest BCUT2D eigenvalue weighted by atomic mass is 9.96. The molecule has 1 fully saturated rings. The van der Waals surface area contributed by atoms with Crippen LogP contribution >= 0.6 is 0 Å². The normalized spacial score (nSPS) is 16.7. The second kappa shape index (κ2) is 9.87. The summed E-state index contributed by atoms with van der Waals surface area (Å²) < 4.78 is 0. The Kier molecular flexibility index (Phi) is 7.24. The van der Waals surface area contributed by atoms with Gasteiger partial charge in [0.1, 0.15) is 0 Å². The molecule has 7 nitrogen and oxygen atoms in total. The first-order chi connectivity index (χ1) is 14.3. The predicted molar refractivity (Wildman–Crippen MR) is 116 cm³/mol. The maximum absolute atomic E-state index is 12.9. The molecule has 1 aliphatic heterocycles. The summed E-state index contributed by atoms with van der Waals surface area (Å²) in [6.07, 6.45) is 4.73. The van der Waals surface area contributed by atoms with Crippen LogP contribution in [-0.2, 0) is 18.3 Å². The molecule has 3 rings (SSSR count). The number of hydrogen-bond donors (Lipinski definition) is 0. The van der Waals surface area contributed by atoms with Gasteiger partial charge in [0.15, 0.2) is 0 Å². The van der Waals surface area contributed by atoms with Crippen LogP contribution < -0.4 is 0 Å². The van der Waals surface area contributed by atoms with Gasteiger partial charge in [-0.05, 0) is 42.4 Å². The summed E-state index contributed by atoms with van der Waals surface area (Å²) in [6, 6.07) is 7.96. The van der Waals surface area contributed by atoms with Gasteiger partial charge in [-0.1, -0.05) is 26.0 Å². The molecule has 1 aliphatic rings. The first-order valence-corrected chi connectivity index (χ1v) is 10.8. The van der Waals surface area contributed by atoms with Crippen molar-refractivity contribution in [2.24, 2.45) is 13.0 Å². The molecule has 0 bridgehead atoms. The van der Waals surface area contributed by atoms with Crippen LogP contribution in [0.15, 0.2) is 30.5 Å². The molecule has 0 spiro atoms. The van der Waals surface area contributed by atoms with Gasteiger partial charge in [-0.3, -0.25) is 9.59 Å². The third-order valence-corrected chi connectivity index (χ3v) is 5.83. The number of carbonyl (C=O) groups excluding carboxylic acids is 2. The summed E-state index contributed by atoms with van der Waals surface area (Å²) in [5.41, 5.74) is 2.82. The van der Waals surface area contributed by atoms with Crippen molar-refractivity contribution < 1.29 is 9.59 Å². The molecule has 2 amide bonds. The van der Waals surface area contributed by atoms with Gasteiger partial charge < -0.3 is 9.80 Å². The standard InChI is InChI=1S/C23H33N5O2/c1-17(2)19-7-9-20(10-8-19)23(30)28-13-5-6-18(16-28)15-26(3)22(29)12-11-21-14-24-27(4)25-21/h7-10,14,17-18H,5-6,11-13,15-16H2,1-4H3. The van der Waals surface area contributed by atoms with Gasteiger partial charge in [-0.15, -0.1) is 0 Å². The van der Waals surface area contributed by atoms with E-state index in [0.717, 1.165) is 30.6 Å². The zero-order valence-corrected chi connectivity index (χ0v) is 18.5. The Hall–Kier alpha value is -2.70. The van der Waals surface area contributed by atoms with E-state index in [1.165, 1.54) is 10.4 Å². The topological polar surface area (TPSA) is 71.3 Å². The Morgan fingerprint density at radius 3 is 2.60 bits per heavy atom. The first kappa shape index (κ1) is 22.0. The monoisotopic (exact) mass is 411 g/mol. The second-order valence-corrected chi connectivity index (χ2v) is 8.64. The van der Waals surface area contributed by atoms with Crippen molar-refractivity contribution in [2.75, 3.05) is 26.7 Å². The molecule has 1 aromatic heterocycles. The highest BCUT2D eigenvalue weighted by Crippen LogP contribution is 2.21. The fourth-order valence-electron chi connectivity index (χ4n) is 4.01. The number of benzene rings is 1. The summed E-state index contributed by atoms with van der Waals surface area (Å²) in [5, 5.41) is 8.26. The van der Waals surface area contributed by atoms with Crippen LogP contribution in [0.1, 0.15) is 60.6 Å². The Labute approximate surface area is 179 Å². The van der Waals surface area contributed by atoms with Gasteiger partial charge in [-0.25, -0.2) is 0 Å². The van der Waals surface area contributed by atoms with E-state index in [0.29, 0.717) is 37.8 Å². The second-order valence-electron chi connectivity index (χ2n) is 8.64. The number of aryl methyl sites for hydroxylation is 2. The van der Waals surface area contributed by atoms with E-state index in [2.05, 4.69) is 24.0 Å². The van der Waals surface area contributed by atoms with Crippen molar-refractivity contribution in [3.8, 4) is 0 Å². The molecule has 162 valence electrons. The summed E-state index contributed by atoms with van der Waals surface area (Å²) in [4.78, 5) is 30.7. The zero-order valence-electron chi connectivity index (χ0n) is 18.5. The Morgan fingerprint density at radius 2 is 1.97 bits per heavy atom. The van der Waals surface area contributed by atoms with Gasteiger partial charge in [0.25, 0.3) is 5.91 Å². The first-order valence-electron chi connectivity index (χ1n) is 10.8. The molecule has 0 aliphatic carbocycles. The number of aromatic nitrogens is 3. The Bertz CT molecular complexity index is 859. The van der Waals surface area contributed by atoms with E-state index in [1.54, 1.807) is 18.1 Å². The van der Waals surface area contributed by atoms with Crippen LogP contribution in [0, 0.1) is 5.92 Å². The van der Waals surface area contributed by atoms with Gasteiger partial charge in [-0.2, -0.15) is 15.0 Å². The Balaban J connectivity index is 1.51. The average Bonchev–Trinajstić information content (AvgIpc) is 3.16. The molecular formula is C23H33N5O2. The lowest BCUT2D eigenvalue weighted by Gasteiger charge is -2.35. The van der Waals surface area contributed by atoms with E-state index in [4.69, 9.17) is 0 Å². The molecule has 2 heterocycles. The minimum Gasteiger partial charge on any atom is -0.345 e. The van der Waals surface area contributed by atoms with Crippen LogP contribution in [-0.4, -0.2) is 63.3 Å². The van der Waals surface area contributed by atoms with E-state index < -0.39 is 0 Å². The molecule has 0 saturated carbocycles. The quantitative estimate of drug-likeness (QED) is 0.702. The maximum Gasteiger partial charge on any atom is 0.253 e. The summed E-state index contributed by atoms with van der Waals surface area (Å²) in [6.45, 7) is 6.46. The van der Waals surface area contributed by atoms with E-state index >= 15 is 0 Å². The zero-order chi connectivity index (χ0) is 21.7. The van der Waals surface area contributed by atoms with Crippen molar-refractivity contribution in [1.82, 2.24) is 24.8 Å². The van der Waals surface area contributed by atoms with E-state index in [9.17, 15) is 9.59 Å². The van der Waals surface area contributed by atoms with Crippen molar-refractivity contribution in [3.05, 3.63) is 47.3 Å². The number of rotatable bonds is 7. The minimum atomic E-state index is 0.0895. The fraction of sp³-hybridized carbons (Fsp3) is 0.565. The largest absolute Gasteiger partial charge is 0.345 e. The number of nitrogens with zero attached hydrogens (tertiary/aromatic N) is 5. The smallest absolute Gasteiger partial charge is 0.253 e. The Morgan fingerprint density at radius 1 is 1.23 bits per heavy atom. The summed E-state index contributed by atoms with van der Waals surface area (Å²) in [7, 11) is 3.62. The highest BCUT2D eigenvalue weighted by atomic mass is 16.2. The van der Waals surface area contributed by atoms with Crippen LogP contribution in [0.25, 0.3) is 0 Å². The number of piperidine rings is 1. The molecule has 1 aromatic carbocycles. The van der Waals surface area contributed by atoms with E-state index in [1.807, 2.05) is 36.2 Å². The van der Waals surface area contributed by atoms with Crippen molar-refractivity contribution in [1.29, 1.82) is 0 Å². The minimum absolute atomic E-state index is 0.0895. The molecule has 0 radical (unpaired) electrons. The molecule has 1 atom stereocenters.